The second-order valence-electron chi connectivity index (χ2n) is 6.44. The average Bonchev–Trinajstić information content (AvgIpc) is 2.77. The largest absolute Gasteiger partial charge is 0.497 e. The van der Waals surface area contributed by atoms with Crippen LogP contribution in [-0.4, -0.2) is 69.6 Å². The molecule has 0 aromatic heterocycles. The predicted octanol–water partition coefficient (Wildman–Crippen LogP) is 0.810. The lowest BCUT2D eigenvalue weighted by Crippen LogP contribution is -2.44. The molecule has 2 atom stereocenters. The van der Waals surface area contributed by atoms with Gasteiger partial charge in [-0.2, -0.15) is 0 Å². The summed E-state index contributed by atoms with van der Waals surface area (Å²) >= 11 is 0. The molecule has 2 heterocycles. The first-order chi connectivity index (χ1) is 12.1. The molecule has 1 amide bonds. The van der Waals surface area contributed by atoms with Gasteiger partial charge in [-0.1, -0.05) is 6.07 Å². The highest BCUT2D eigenvalue weighted by molar-refractivity contribution is 5.78. The minimum atomic E-state index is -0.0581. The van der Waals surface area contributed by atoms with Crippen LogP contribution in [-0.2, 0) is 20.8 Å². The van der Waals surface area contributed by atoms with Crippen LogP contribution in [0.4, 0.5) is 0 Å². The van der Waals surface area contributed by atoms with Crippen LogP contribution in [0.5, 0.6) is 11.5 Å². The van der Waals surface area contributed by atoms with Crippen LogP contribution >= 0.6 is 0 Å². The molecular weight excluding hydrogens is 324 g/mol. The number of hydrogen-bond donors (Lipinski definition) is 1. The molecule has 0 radical (unpaired) electrons. The molecular formula is C18H26N2O5. The van der Waals surface area contributed by atoms with Crippen LogP contribution < -0.4 is 14.8 Å². The van der Waals surface area contributed by atoms with Gasteiger partial charge in [-0.05, 0) is 13.0 Å². The number of nitrogens with zero attached hydrogens (tertiary/aromatic N) is 1. The third-order valence-corrected chi connectivity index (χ3v) is 4.29. The Labute approximate surface area is 148 Å². The zero-order chi connectivity index (χ0) is 17.6. The number of hydrogen-bond acceptors (Lipinski definition) is 6. The van der Waals surface area contributed by atoms with E-state index in [1.54, 1.807) is 7.11 Å². The van der Waals surface area contributed by atoms with Gasteiger partial charge < -0.3 is 24.3 Å². The third kappa shape index (κ3) is 5.07. The molecule has 3 rings (SSSR count). The van der Waals surface area contributed by atoms with Gasteiger partial charge in [-0.25, -0.2) is 0 Å². The number of methoxy groups -OCH3 is 1. The standard InChI is InChI=1S/C18H26N2O5/c1-13-9-20(10-14-3-4-15(22-2)7-17(14)25-13)11-18(21)19-8-16-12-23-5-6-24-16/h3-4,7,13,16H,5-6,8-12H2,1-2H3,(H,19,21). The van der Waals surface area contributed by atoms with Crippen molar-refractivity contribution in [3.63, 3.8) is 0 Å². The zero-order valence-corrected chi connectivity index (χ0v) is 14.8. The van der Waals surface area contributed by atoms with Crippen LogP contribution in [0.1, 0.15) is 12.5 Å². The molecule has 1 fully saturated rings. The normalized spacial score (nSPS) is 23.9. The Morgan fingerprint density at radius 1 is 1.40 bits per heavy atom. The van der Waals surface area contributed by atoms with Crippen molar-refractivity contribution >= 4 is 5.91 Å². The lowest BCUT2D eigenvalue weighted by atomic mass is 10.2. The van der Waals surface area contributed by atoms with E-state index in [1.807, 2.05) is 25.1 Å². The van der Waals surface area contributed by atoms with Crippen molar-refractivity contribution in [2.75, 3.05) is 46.6 Å². The number of rotatable bonds is 5. The molecule has 2 unspecified atom stereocenters. The second kappa shape index (κ2) is 8.51. The smallest absolute Gasteiger partial charge is 0.234 e. The molecule has 7 heteroatoms. The van der Waals surface area contributed by atoms with Gasteiger partial charge in [0.25, 0.3) is 0 Å². The van der Waals surface area contributed by atoms with Gasteiger partial charge in [-0.15, -0.1) is 0 Å². The molecule has 0 spiro atoms. The summed E-state index contributed by atoms with van der Waals surface area (Å²) in [5.41, 5.74) is 1.06. The first kappa shape index (κ1) is 18.0. The first-order valence-corrected chi connectivity index (χ1v) is 8.66. The van der Waals surface area contributed by atoms with Gasteiger partial charge in [0.05, 0.1) is 39.6 Å². The molecule has 0 bridgehead atoms. The number of carbonyl (C=O) groups excluding carboxylic acids is 1. The Bertz CT molecular complexity index is 589. The molecule has 1 aromatic carbocycles. The minimum Gasteiger partial charge on any atom is -0.497 e. The van der Waals surface area contributed by atoms with E-state index in [1.165, 1.54) is 0 Å². The Morgan fingerprint density at radius 2 is 2.28 bits per heavy atom. The van der Waals surface area contributed by atoms with E-state index >= 15 is 0 Å². The van der Waals surface area contributed by atoms with E-state index in [0.29, 0.717) is 46.0 Å². The van der Waals surface area contributed by atoms with Gasteiger partial charge in [-0.3, -0.25) is 9.69 Å². The Morgan fingerprint density at radius 3 is 3.04 bits per heavy atom. The van der Waals surface area contributed by atoms with Gasteiger partial charge in [0, 0.05) is 31.3 Å². The van der Waals surface area contributed by atoms with Gasteiger partial charge in [0.1, 0.15) is 17.6 Å². The van der Waals surface area contributed by atoms with Crippen molar-refractivity contribution in [1.29, 1.82) is 0 Å². The van der Waals surface area contributed by atoms with E-state index in [0.717, 1.165) is 17.1 Å². The Kier molecular flexibility index (Phi) is 6.12. The number of fused-ring (bicyclic) bond motifs is 1. The number of carbonyl (C=O) groups is 1. The van der Waals surface area contributed by atoms with Gasteiger partial charge in [0.15, 0.2) is 0 Å². The fourth-order valence-corrected chi connectivity index (χ4v) is 3.09. The fraction of sp³-hybridized carbons (Fsp3) is 0.611. The van der Waals surface area contributed by atoms with Crippen molar-refractivity contribution < 1.29 is 23.7 Å². The lowest BCUT2D eigenvalue weighted by Gasteiger charge is -2.24. The molecule has 1 aromatic rings. The molecule has 2 aliphatic heterocycles. The van der Waals surface area contributed by atoms with E-state index in [4.69, 9.17) is 18.9 Å². The Hall–Kier alpha value is -1.83. The molecule has 0 aliphatic carbocycles. The van der Waals surface area contributed by atoms with Crippen LogP contribution in [0, 0.1) is 0 Å². The second-order valence-corrected chi connectivity index (χ2v) is 6.44. The lowest BCUT2D eigenvalue weighted by molar-refractivity contribution is -0.125. The summed E-state index contributed by atoms with van der Waals surface area (Å²) in [5.74, 6) is 1.58. The highest BCUT2D eigenvalue weighted by Gasteiger charge is 2.23. The zero-order valence-electron chi connectivity index (χ0n) is 14.8. The molecule has 25 heavy (non-hydrogen) atoms. The van der Waals surface area contributed by atoms with Gasteiger partial charge in [0.2, 0.25) is 5.91 Å². The van der Waals surface area contributed by atoms with Crippen LogP contribution in [0.2, 0.25) is 0 Å². The summed E-state index contributed by atoms with van der Waals surface area (Å²) in [6.07, 6.45) is -0.0616. The summed E-state index contributed by atoms with van der Waals surface area (Å²) in [5, 5.41) is 2.93. The summed E-state index contributed by atoms with van der Waals surface area (Å²) in [4.78, 5) is 14.4. The first-order valence-electron chi connectivity index (χ1n) is 8.66. The summed E-state index contributed by atoms with van der Waals surface area (Å²) < 4.78 is 22.1. The molecule has 1 saturated heterocycles. The summed E-state index contributed by atoms with van der Waals surface area (Å²) in [6, 6.07) is 5.80. The van der Waals surface area contributed by atoms with E-state index in [2.05, 4.69) is 10.2 Å². The van der Waals surface area contributed by atoms with Crippen molar-refractivity contribution in [3.05, 3.63) is 23.8 Å². The van der Waals surface area contributed by atoms with Gasteiger partial charge >= 0.3 is 0 Å². The summed E-state index contributed by atoms with van der Waals surface area (Å²) in [7, 11) is 1.64. The molecule has 2 aliphatic rings. The maximum Gasteiger partial charge on any atom is 0.234 e. The Balaban J connectivity index is 1.55. The maximum absolute atomic E-state index is 12.3. The SMILES string of the molecule is COc1ccc2c(c1)OC(C)CN(CC(=O)NCC1COCCO1)C2. The fourth-order valence-electron chi connectivity index (χ4n) is 3.09. The monoisotopic (exact) mass is 350 g/mol. The third-order valence-electron chi connectivity index (χ3n) is 4.29. The number of benzene rings is 1. The number of ether oxygens (including phenoxy) is 4. The minimum absolute atomic E-state index is 0.00349. The average molecular weight is 350 g/mol. The predicted molar refractivity (Wildman–Crippen MR) is 91.9 cm³/mol. The highest BCUT2D eigenvalue weighted by Crippen LogP contribution is 2.29. The quantitative estimate of drug-likeness (QED) is 0.848. The van der Waals surface area contributed by atoms with Crippen LogP contribution in [0.25, 0.3) is 0 Å². The molecule has 7 nitrogen and oxygen atoms in total. The summed E-state index contributed by atoms with van der Waals surface area (Å²) in [6.45, 7) is 5.91. The van der Waals surface area contributed by atoms with E-state index < -0.39 is 0 Å². The van der Waals surface area contributed by atoms with Crippen LogP contribution in [0.3, 0.4) is 0 Å². The number of amides is 1. The molecule has 1 N–H and O–H groups in total. The van der Waals surface area contributed by atoms with Crippen molar-refractivity contribution in [1.82, 2.24) is 10.2 Å². The topological polar surface area (TPSA) is 69.3 Å². The van der Waals surface area contributed by atoms with E-state index in [-0.39, 0.29) is 18.1 Å². The van der Waals surface area contributed by atoms with Crippen molar-refractivity contribution in [2.24, 2.45) is 0 Å². The van der Waals surface area contributed by atoms with Crippen molar-refractivity contribution in [2.45, 2.75) is 25.7 Å². The maximum atomic E-state index is 12.3. The molecule has 0 saturated carbocycles. The van der Waals surface area contributed by atoms with Crippen LogP contribution in [0.15, 0.2) is 18.2 Å². The van der Waals surface area contributed by atoms with Crippen molar-refractivity contribution in [3.8, 4) is 11.5 Å². The molecule has 138 valence electrons. The van der Waals surface area contributed by atoms with E-state index in [9.17, 15) is 4.79 Å². The number of nitrogens with one attached hydrogen (secondary N) is 1. The highest BCUT2D eigenvalue weighted by atomic mass is 16.6.